The number of carboxylic acid groups (broad SMARTS) is 2. The minimum absolute atomic E-state index is 0.0750. The number of carboxylic acids is 2. The van der Waals surface area contributed by atoms with Gasteiger partial charge in [0.1, 0.15) is 11.9 Å². The van der Waals surface area contributed by atoms with Crippen molar-refractivity contribution in [2.24, 2.45) is 5.92 Å². The summed E-state index contributed by atoms with van der Waals surface area (Å²) >= 11 is 0. The zero-order chi connectivity index (χ0) is 14.7. The summed E-state index contributed by atoms with van der Waals surface area (Å²) in [6.45, 7) is 0.579. The molecule has 1 aliphatic heterocycles. The summed E-state index contributed by atoms with van der Waals surface area (Å²) < 4.78 is 13.8. The molecule has 20 heavy (non-hydrogen) atoms. The maximum absolute atomic E-state index is 13.8. The number of carbonyl (C=O) groups is 2. The number of rotatable bonds is 4. The molecule has 2 atom stereocenters. The lowest BCUT2D eigenvalue weighted by molar-refractivity contribution is -0.149. The highest BCUT2D eigenvalue weighted by Crippen LogP contribution is 2.28. The largest absolute Gasteiger partial charge is 0.481 e. The third-order valence-corrected chi connectivity index (χ3v) is 3.60. The van der Waals surface area contributed by atoms with E-state index in [0.29, 0.717) is 19.4 Å². The van der Waals surface area contributed by atoms with Crippen LogP contribution in [0.3, 0.4) is 0 Å². The van der Waals surface area contributed by atoms with Gasteiger partial charge in [-0.05, 0) is 25.5 Å². The number of benzene rings is 1. The van der Waals surface area contributed by atoms with Gasteiger partial charge in [0.05, 0.1) is 5.92 Å². The first-order valence-electron chi connectivity index (χ1n) is 6.44. The van der Waals surface area contributed by atoms with E-state index in [1.54, 1.807) is 6.07 Å². The van der Waals surface area contributed by atoms with E-state index in [9.17, 15) is 19.1 Å². The van der Waals surface area contributed by atoms with E-state index >= 15 is 0 Å². The Bertz CT molecular complexity index is 520. The predicted octanol–water partition coefficient (Wildman–Crippen LogP) is 1.75. The quantitative estimate of drug-likeness (QED) is 0.879. The summed E-state index contributed by atoms with van der Waals surface area (Å²) in [4.78, 5) is 24.1. The molecule has 5 nitrogen and oxygen atoms in total. The molecule has 1 heterocycles. The Morgan fingerprint density at radius 2 is 2.00 bits per heavy atom. The van der Waals surface area contributed by atoms with Gasteiger partial charge in [0.15, 0.2) is 0 Å². The van der Waals surface area contributed by atoms with Crippen molar-refractivity contribution in [1.29, 1.82) is 0 Å². The van der Waals surface area contributed by atoms with Gasteiger partial charge in [-0.25, -0.2) is 4.39 Å². The molecule has 1 aromatic carbocycles. The first-order chi connectivity index (χ1) is 9.50. The van der Waals surface area contributed by atoms with Gasteiger partial charge in [-0.3, -0.25) is 14.5 Å². The van der Waals surface area contributed by atoms with Gasteiger partial charge < -0.3 is 10.2 Å². The average molecular weight is 281 g/mol. The molecule has 2 N–H and O–H groups in total. The number of likely N-dealkylation sites (tertiary alicyclic amines) is 1. The SMILES string of the molecule is O=C(O)C1CCCN(C(C(=O)O)c2ccccc2F)C1. The molecule has 1 aromatic rings. The highest BCUT2D eigenvalue weighted by Gasteiger charge is 2.35. The predicted molar refractivity (Wildman–Crippen MR) is 68.7 cm³/mol. The van der Waals surface area contributed by atoms with Crippen molar-refractivity contribution in [1.82, 2.24) is 4.90 Å². The molecular weight excluding hydrogens is 265 g/mol. The fraction of sp³-hybridized carbons (Fsp3) is 0.429. The zero-order valence-electron chi connectivity index (χ0n) is 10.8. The second kappa shape index (κ2) is 6.00. The van der Waals surface area contributed by atoms with Gasteiger partial charge in [-0.1, -0.05) is 18.2 Å². The van der Waals surface area contributed by atoms with Crippen LogP contribution in [0.1, 0.15) is 24.4 Å². The molecule has 0 bridgehead atoms. The van der Waals surface area contributed by atoms with Crippen LogP contribution in [0.25, 0.3) is 0 Å². The summed E-state index contributed by atoms with van der Waals surface area (Å²) in [6, 6.07) is 4.57. The van der Waals surface area contributed by atoms with Crippen LogP contribution >= 0.6 is 0 Å². The lowest BCUT2D eigenvalue weighted by Crippen LogP contribution is -2.43. The number of halogens is 1. The molecular formula is C14H16FNO4. The Labute approximate surface area is 115 Å². The Balaban J connectivity index is 2.27. The Hall–Kier alpha value is -1.95. The number of piperidine rings is 1. The van der Waals surface area contributed by atoms with Crippen LogP contribution in [0, 0.1) is 11.7 Å². The molecule has 0 aromatic heterocycles. The van der Waals surface area contributed by atoms with Crippen molar-refractivity contribution in [3.63, 3.8) is 0 Å². The minimum Gasteiger partial charge on any atom is -0.481 e. The first-order valence-corrected chi connectivity index (χ1v) is 6.44. The topological polar surface area (TPSA) is 77.8 Å². The number of aliphatic carboxylic acids is 2. The van der Waals surface area contributed by atoms with Crippen molar-refractivity contribution in [3.05, 3.63) is 35.6 Å². The van der Waals surface area contributed by atoms with Crippen LogP contribution in [0.5, 0.6) is 0 Å². The van der Waals surface area contributed by atoms with E-state index in [1.807, 2.05) is 0 Å². The maximum Gasteiger partial charge on any atom is 0.325 e. The van der Waals surface area contributed by atoms with Crippen LogP contribution in [0.4, 0.5) is 4.39 Å². The highest BCUT2D eigenvalue weighted by molar-refractivity contribution is 5.76. The molecule has 1 fully saturated rings. The molecule has 0 aliphatic carbocycles. The van der Waals surface area contributed by atoms with Crippen LogP contribution in [0.2, 0.25) is 0 Å². The number of hydrogen-bond donors (Lipinski definition) is 2. The summed E-state index contributed by atoms with van der Waals surface area (Å²) in [6.07, 6.45) is 1.12. The van der Waals surface area contributed by atoms with E-state index in [1.165, 1.54) is 23.1 Å². The van der Waals surface area contributed by atoms with Crippen LogP contribution < -0.4 is 0 Å². The average Bonchev–Trinajstić information content (AvgIpc) is 2.41. The van der Waals surface area contributed by atoms with Crippen LogP contribution in [-0.4, -0.2) is 40.1 Å². The van der Waals surface area contributed by atoms with Crippen molar-refractivity contribution >= 4 is 11.9 Å². The summed E-state index contributed by atoms with van der Waals surface area (Å²) in [5.41, 5.74) is 0.0750. The second-order valence-electron chi connectivity index (χ2n) is 4.93. The lowest BCUT2D eigenvalue weighted by atomic mass is 9.94. The molecule has 0 saturated carbocycles. The van der Waals surface area contributed by atoms with Crippen molar-refractivity contribution < 1.29 is 24.2 Å². The van der Waals surface area contributed by atoms with E-state index < -0.39 is 29.7 Å². The Kier molecular flexibility index (Phi) is 4.34. The Morgan fingerprint density at radius 1 is 1.30 bits per heavy atom. The number of hydrogen-bond acceptors (Lipinski definition) is 3. The van der Waals surface area contributed by atoms with Crippen molar-refractivity contribution in [2.75, 3.05) is 13.1 Å². The smallest absolute Gasteiger partial charge is 0.325 e. The van der Waals surface area contributed by atoms with Gasteiger partial charge in [0.25, 0.3) is 0 Å². The molecule has 2 rings (SSSR count). The van der Waals surface area contributed by atoms with Crippen LogP contribution in [0.15, 0.2) is 24.3 Å². The van der Waals surface area contributed by atoms with Gasteiger partial charge in [-0.15, -0.1) is 0 Å². The highest BCUT2D eigenvalue weighted by atomic mass is 19.1. The Morgan fingerprint density at radius 3 is 2.60 bits per heavy atom. The molecule has 0 amide bonds. The van der Waals surface area contributed by atoms with E-state index in [4.69, 9.17) is 5.11 Å². The normalized spacial score (nSPS) is 21.4. The van der Waals surface area contributed by atoms with Gasteiger partial charge >= 0.3 is 11.9 Å². The number of nitrogens with zero attached hydrogens (tertiary/aromatic N) is 1. The monoisotopic (exact) mass is 281 g/mol. The third-order valence-electron chi connectivity index (χ3n) is 3.60. The fourth-order valence-electron chi connectivity index (χ4n) is 2.63. The van der Waals surface area contributed by atoms with E-state index in [-0.39, 0.29) is 12.1 Å². The zero-order valence-corrected chi connectivity index (χ0v) is 10.8. The summed E-state index contributed by atoms with van der Waals surface area (Å²) in [5.74, 6) is -3.29. The van der Waals surface area contributed by atoms with Gasteiger partial charge in [0, 0.05) is 12.1 Å². The van der Waals surface area contributed by atoms with Crippen LogP contribution in [-0.2, 0) is 9.59 Å². The third kappa shape index (κ3) is 2.96. The van der Waals surface area contributed by atoms with Gasteiger partial charge in [0.2, 0.25) is 0 Å². The van der Waals surface area contributed by atoms with E-state index in [0.717, 1.165) is 0 Å². The van der Waals surface area contributed by atoms with E-state index in [2.05, 4.69) is 0 Å². The molecule has 108 valence electrons. The van der Waals surface area contributed by atoms with Crippen molar-refractivity contribution in [2.45, 2.75) is 18.9 Å². The molecule has 0 spiro atoms. The maximum atomic E-state index is 13.8. The molecule has 2 unspecified atom stereocenters. The molecule has 0 radical (unpaired) electrons. The lowest BCUT2D eigenvalue weighted by Gasteiger charge is -2.35. The fourth-order valence-corrected chi connectivity index (χ4v) is 2.63. The molecule has 1 aliphatic rings. The summed E-state index contributed by atoms with van der Waals surface area (Å²) in [5, 5.41) is 18.4. The summed E-state index contributed by atoms with van der Waals surface area (Å²) in [7, 11) is 0. The van der Waals surface area contributed by atoms with Gasteiger partial charge in [-0.2, -0.15) is 0 Å². The minimum atomic E-state index is -1.17. The second-order valence-corrected chi connectivity index (χ2v) is 4.93. The first kappa shape index (κ1) is 14.5. The molecule has 1 saturated heterocycles. The molecule has 6 heteroatoms. The van der Waals surface area contributed by atoms with Crippen molar-refractivity contribution in [3.8, 4) is 0 Å². The standard InChI is InChI=1S/C14H16FNO4/c15-11-6-2-1-5-10(11)12(14(19)20)16-7-3-4-9(8-16)13(17)18/h1-2,5-6,9,12H,3-4,7-8H2,(H,17,18)(H,19,20).